The number of piperazine rings is 1. The van der Waals surface area contributed by atoms with Crippen molar-refractivity contribution in [1.29, 1.82) is 0 Å². The van der Waals surface area contributed by atoms with E-state index in [0.29, 0.717) is 17.7 Å². The topological polar surface area (TPSA) is 49.4 Å². The molecule has 4 nitrogen and oxygen atoms in total. The van der Waals surface area contributed by atoms with Gasteiger partial charge in [0.15, 0.2) is 0 Å². The van der Waals surface area contributed by atoms with E-state index < -0.39 is 0 Å². The lowest BCUT2D eigenvalue weighted by molar-refractivity contribution is -0.144. The highest BCUT2D eigenvalue weighted by Crippen LogP contribution is 2.34. The fourth-order valence-corrected chi connectivity index (χ4v) is 2.46. The van der Waals surface area contributed by atoms with Crippen LogP contribution in [-0.2, 0) is 9.59 Å². The first kappa shape index (κ1) is 12.7. The van der Waals surface area contributed by atoms with Crippen molar-refractivity contribution >= 4 is 23.6 Å². The van der Waals surface area contributed by atoms with Crippen LogP contribution in [0.2, 0.25) is 0 Å². The van der Waals surface area contributed by atoms with Crippen LogP contribution in [0.1, 0.15) is 26.2 Å². The van der Waals surface area contributed by atoms with E-state index in [-0.39, 0.29) is 24.4 Å². The molecular weight excluding hydrogens is 236 g/mol. The molecule has 2 rings (SSSR count). The molecule has 0 bridgehead atoms. The SMILES string of the molecule is CSC(C)CCN1CC(=O)NC(C2CC2)C1=O. The Bertz CT molecular complexity index is 318. The highest BCUT2D eigenvalue weighted by molar-refractivity contribution is 7.99. The molecule has 2 unspecified atom stereocenters. The number of carbonyl (C=O) groups excluding carboxylic acids is 2. The number of carbonyl (C=O) groups is 2. The van der Waals surface area contributed by atoms with Gasteiger partial charge in [0.1, 0.15) is 6.04 Å². The predicted molar refractivity (Wildman–Crippen MR) is 68.8 cm³/mol. The molecule has 96 valence electrons. The van der Waals surface area contributed by atoms with Gasteiger partial charge in [-0.05, 0) is 31.4 Å². The average molecular weight is 256 g/mol. The molecule has 0 radical (unpaired) electrons. The first-order valence-corrected chi connectivity index (χ1v) is 7.51. The monoisotopic (exact) mass is 256 g/mol. The van der Waals surface area contributed by atoms with Gasteiger partial charge in [-0.1, -0.05) is 6.92 Å². The van der Waals surface area contributed by atoms with Crippen molar-refractivity contribution in [1.82, 2.24) is 10.2 Å². The van der Waals surface area contributed by atoms with E-state index in [1.54, 1.807) is 16.7 Å². The lowest BCUT2D eigenvalue weighted by atomic mass is 10.1. The van der Waals surface area contributed by atoms with Gasteiger partial charge in [-0.2, -0.15) is 11.8 Å². The lowest BCUT2D eigenvalue weighted by Crippen LogP contribution is -2.59. The van der Waals surface area contributed by atoms with Crippen LogP contribution in [0, 0.1) is 5.92 Å². The van der Waals surface area contributed by atoms with Gasteiger partial charge in [-0.3, -0.25) is 9.59 Å². The summed E-state index contributed by atoms with van der Waals surface area (Å²) in [6, 6.07) is -0.235. The first-order chi connectivity index (χ1) is 8.11. The van der Waals surface area contributed by atoms with Crippen molar-refractivity contribution in [3.63, 3.8) is 0 Å². The van der Waals surface area contributed by atoms with Crippen LogP contribution in [0.15, 0.2) is 0 Å². The van der Waals surface area contributed by atoms with Gasteiger partial charge < -0.3 is 10.2 Å². The van der Waals surface area contributed by atoms with E-state index in [0.717, 1.165) is 19.3 Å². The molecule has 0 aromatic carbocycles. The maximum absolute atomic E-state index is 12.2. The molecule has 1 saturated carbocycles. The maximum atomic E-state index is 12.2. The Labute approximate surface area is 106 Å². The number of nitrogens with zero attached hydrogens (tertiary/aromatic N) is 1. The number of nitrogens with one attached hydrogen (secondary N) is 1. The summed E-state index contributed by atoms with van der Waals surface area (Å²) in [4.78, 5) is 25.5. The molecule has 0 spiro atoms. The van der Waals surface area contributed by atoms with Crippen molar-refractivity contribution in [2.75, 3.05) is 19.3 Å². The third-order valence-corrected chi connectivity index (χ3v) is 4.57. The second-order valence-electron chi connectivity index (χ2n) is 4.98. The van der Waals surface area contributed by atoms with E-state index in [9.17, 15) is 9.59 Å². The van der Waals surface area contributed by atoms with Gasteiger partial charge in [-0.15, -0.1) is 0 Å². The van der Waals surface area contributed by atoms with Gasteiger partial charge in [0.05, 0.1) is 6.54 Å². The van der Waals surface area contributed by atoms with Crippen LogP contribution in [0.25, 0.3) is 0 Å². The quantitative estimate of drug-likeness (QED) is 0.794. The third-order valence-electron chi connectivity index (χ3n) is 3.53. The molecule has 1 heterocycles. The standard InChI is InChI=1S/C12H20N2O2S/c1-8(17-2)5-6-14-7-10(15)13-11(12(14)16)9-3-4-9/h8-9,11H,3-7H2,1-2H3,(H,13,15). The van der Waals surface area contributed by atoms with Crippen LogP contribution in [0.4, 0.5) is 0 Å². The molecular formula is C12H20N2O2S. The number of amides is 2. The molecule has 0 aromatic heterocycles. The zero-order chi connectivity index (χ0) is 12.4. The minimum absolute atomic E-state index is 0.00157. The third kappa shape index (κ3) is 3.15. The summed E-state index contributed by atoms with van der Waals surface area (Å²) in [5.41, 5.74) is 0. The Balaban J connectivity index is 1.91. The molecule has 2 amide bonds. The molecule has 2 atom stereocenters. The summed E-state index contributed by atoms with van der Waals surface area (Å²) in [5, 5.41) is 3.36. The molecule has 1 aliphatic heterocycles. The molecule has 0 aromatic rings. The summed E-state index contributed by atoms with van der Waals surface area (Å²) in [6.07, 6.45) is 5.18. The maximum Gasteiger partial charge on any atom is 0.245 e. The first-order valence-electron chi connectivity index (χ1n) is 6.22. The highest BCUT2D eigenvalue weighted by Gasteiger charge is 2.42. The molecule has 1 aliphatic carbocycles. The fraction of sp³-hybridized carbons (Fsp3) is 0.833. The number of hydrogen-bond donors (Lipinski definition) is 1. The van der Waals surface area contributed by atoms with E-state index in [1.807, 2.05) is 0 Å². The Hall–Kier alpha value is -0.710. The number of hydrogen-bond acceptors (Lipinski definition) is 3. The normalized spacial score (nSPS) is 26.9. The minimum Gasteiger partial charge on any atom is -0.342 e. The predicted octanol–water partition coefficient (Wildman–Crippen LogP) is 0.865. The molecule has 1 saturated heterocycles. The Morgan fingerprint density at radius 2 is 2.18 bits per heavy atom. The molecule has 1 N–H and O–H groups in total. The zero-order valence-corrected chi connectivity index (χ0v) is 11.3. The summed E-state index contributed by atoms with van der Waals surface area (Å²) >= 11 is 1.80. The van der Waals surface area contributed by atoms with Crippen molar-refractivity contribution in [3.8, 4) is 0 Å². The van der Waals surface area contributed by atoms with Crippen molar-refractivity contribution in [3.05, 3.63) is 0 Å². The molecule has 2 fully saturated rings. The van der Waals surface area contributed by atoms with E-state index in [1.165, 1.54) is 0 Å². The smallest absolute Gasteiger partial charge is 0.245 e. The number of thioether (sulfide) groups is 1. The Morgan fingerprint density at radius 1 is 1.47 bits per heavy atom. The van der Waals surface area contributed by atoms with Gasteiger partial charge in [0.2, 0.25) is 11.8 Å². The zero-order valence-electron chi connectivity index (χ0n) is 10.4. The van der Waals surface area contributed by atoms with Crippen LogP contribution >= 0.6 is 11.8 Å². The van der Waals surface area contributed by atoms with Gasteiger partial charge >= 0.3 is 0 Å². The Morgan fingerprint density at radius 3 is 2.76 bits per heavy atom. The summed E-state index contributed by atoms with van der Waals surface area (Å²) in [6.45, 7) is 3.10. The van der Waals surface area contributed by atoms with Crippen LogP contribution in [0.5, 0.6) is 0 Å². The lowest BCUT2D eigenvalue weighted by Gasteiger charge is -2.33. The summed E-state index contributed by atoms with van der Waals surface area (Å²) in [5.74, 6) is 0.519. The van der Waals surface area contributed by atoms with E-state index in [2.05, 4.69) is 18.5 Å². The Kier molecular flexibility index (Phi) is 3.97. The van der Waals surface area contributed by atoms with Crippen LogP contribution < -0.4 is 5.32 Å². The highest BCUT2D eigenvalue weighted by atomic mass is 32.2. The van der Waals surface area contributed by atoms with Gasteiger partial charge in [0, 0.05) is 11.8 Å². The average Bonchev–Trinajstić information content (AvgIpc) is 3.13. The van der Waals surface area contributed by atoms with Crippen molar-refractivity contribution in [2.24, 2.45) is 5.92 Å². The molecule has 2 aliphatic rings. The van der Waals surface area contributed by atoms with E-state index >= 15 is 0 Å². The second kappa shape index (κ2) is 5.29. The van der Waals surface area contributed by atoms with Crippen molar-refractivity contribution < 1.29 is 9.59 Å². The summed E-state index contributed by atoms with van der Waals surface area (Å²) < 4.78 is 0. The van der Waals surface area contributed by atoms with E-state index in [4.69, 9.17) is 0 Å². The fourth-order valence-electron chi connectivity index (χ4n) is 2.12. The van der Waals surface area contributed by atoms with Gasteiger partial charge in [-0.25, -0.2) is 0 Å². The second-order valence-corrected chi connectivity index (χ2v) is 6.25. The molecule has 5 heteroatoms. The van der Waals surface area contributed by atoms with Crippen LogP contribution in [-0.4, -0.2) is 47.4 Å². The van der Waals surface area contributed by atoms with Crippen molar-refractivity contribution in [2.45, 2.75) is 37.5 Å². The summed E-state index contributed by atoms with van der Waals surface area (Å²) in [7, 11) is 0. The minimum atomic E-state index is -0.235. The van der Waals surface area contributed by atoms with Crippen LogP contribution in [0.3, 0.4) is 0 Å². The molecule has 17 heavy (non-hydrogen) atoms. The largest absolute Gasteiger partial charge is 0.342 e. The van der Waals surface area contributed by atoms with Gasteiger partial charge in [0.25, 0.3) is 0 Å². The number of rotatable bonds is 5.